The highest BCUT2D eigenvalue weighted by Crippen LogP contribution is 2.43. The maximum Gasteiger partial charge on any atom is 0.418 e. The number of aromatic nitrogens is 1. The van der Waals surface area contributed by atoms with E-state index in [2.05, 4.69) is 17.5 Å². The number of alkyl halides is 3. The third-order valence-electron chi connectivity index (χ3n) is 9.07. The molecule has 5 rings (SSSR count). The summed E-state index contributed by atoms with van der Waals surface area (Å²) in [6.45, 7) is 10.6. The van der Waals surface area contributed by atoms with Gasteiger partial charge in [0.05, 0.1) is 23.5 Å². The van der Waals surface area contributed by atoms with Crippen molar-refractivity contribution in [2.45, 2.75) is 70.9 Å². The number of likely N-dealkylation sites (tertiary alicyclic amines) is 1. The molecule has 0 bridgehead atoms. The number of ether oxygens (including phenoxy) is 1. The van der Waals surface area contributed by atoms with Crippen molar-refractivity contribution in [3.05, 3.63) is 58.6 Å². The van der Waals surface area contributed by atoms with E-state index in [0.29, 0.717) is 37.5 Å². The van der Waals surface area contributed by atoms with E-state index in [1.165, 1.54) is 24.0 Å². The number of halogens is 4. The van der Waals surface area contributed by atoms with Crippen LogP contribution in [0.4, 0.5) is 28.9 Å². The molecule has 4 heterocycles. The normalized spacial score (nSPS) is 22.5. The molecule has 2 aromatic rings. The van der Waals surface area contributed by atoms with Crippen LogP contribution in [0.3, 0.4) is 0 Å². The SMILES string of the molecule is C=C(F)C(=O)N1[C@H](C)CN(c2c(C#N)c(OC[C@@H]3CCCN3C)nc3c2CCN(c2cccc(C)c2C(F)(F)F)C3)C[C@@H]1C. The molecule has 3 aliphatic heterocycles. The van der Waals surface area contributed by atoms with E-state index in [0.717, 1.165) is 24.9 Å². The van der Waals surface area contributed by atoms with Gasteiger partial charge in [0.25, 0.3) is 5.91 Å². The number of hydrogen-bond acceptors (Lipinski definition) is 7. The average molecular weight is 615 g/mol. The van der Waals surface area contributed by atoms with Crippen molar-refractivity contribution in [3.63, 3.8) is 0 Å². The second kappa shape index (κ2) is 12.3. The van der Waals surface area contributed by atoms with Crippen LogP contribution in [0.25, 0.3) is 0 Å². The van der Waals surface area contributed by atoms with E-state index in [-0.39, 0.29) is 41.8 Å². The van der Waals surface area contributed by atoms with Crippen molar-refractivity contribution in [2.75, 3.05) is 49.6 Å². The van der Waals surface area contributed by atoms with Gasteiger partial charge in [0.1, 0.15) is 18.2 Å². The van der Waals surface area contributed by atoms with Crippen LogP contribution in [0.2, 0.25) is 0 Å². The molecule has 12 heteroatoms. The Hall–Kier alpha value is -3.85. The van der Waals surface area contributed by atoms with Crippen molar-refractivity contribution in [2.24, 2.45) is 0 Å². The molecular formula is C32H38F4N6O2. The summed E-state index contributed by atoms with van der Waals surface area (Å²) >= 11 is 0. The molecule has 44 heavy (non-hydrogen) atoms. The van der Waals surface area contributed by atoms with E-state index >= 15 is 0 Å². The Balaban J connectivity index is 1.56. The van der Waals surface area contributed by atoms with Crippen LogP contribution in [0.15, 0.2) is 30.6 Å². The van der Waals surface area contributed by atoms with Crippen LogP contribution in [0.5, 0.6) is 5.88 Å². The van der Waals surface area contributed by atoms with Crippen LogP contribution in [0.1, 0.15) is 54.6 Å². The van der Waals surface area contributed by atoms with E-state index in [9.17, 15) is 27.6 Å². The van der Waals surface area contributed by atoms with Crippen LogP contribution in [0, 0.1) is 18.3 Å². The number of nitriles is 1. The standard InChI is InChI=1S/C32H38F4N6O2/c1-19-8-6-10-27(28(19)32(34,35)36)40-13-11-24-26(17-40)38-30(44-18-23-9-7-12-39(23)5)25(14-37)29(24)41-15-20(2)42(21(3)16-41)31(43)22(4)33/h6,8,10,20-21,23H,4,7,9,11-13,15-18H2,1-3,5H3/t20-,21+,23-/m0/s1. The minimum atomic E-state index is -4.53. The van der Waals surface area contributed by atoms with Gasteiger partial charge in [0.2, 0.25) is 5.88 Å². The van der Waals surface area contributed by atoms with Gasteiger partial charge in [-0.2, -0.15) is 18.4 Å². The fourth-order valence-electron chi connectivity index (χ4n) is 6.99. The highest BCUT2D eigenvalue weighted by molar-refractivity contribution is 5.91. The van der Waals surface area contributed by atoms with Gasteiger partial charge in [-0.15, -0.1) is 0 Å². The highest BCUT2D eigenvalue weighted by atomic mass is 19.4. The zero-order chi connectivity index (χ0) is 31.9. The smallest absolute Gasteiger partial charge is 0.418 e. The molecule has 236 valence electrons. The first-order valence-electron chi connectivity index (χ1n) is 14.9. The fourth-order valence-corrected chi connectivity index (χ4v) is 6.99. The molecule has 1 aromatic carbocycles. The lowest BCUT2D eigenvalue weighted by Crippen LogP contribution is -2.59. The summed E-state index contributed by atoms with van der Waals surface area (Å²) < 4.78 is 62.5. The molecule has 0 N–H and O–H groups in total. The summed E-state index contributed by atoms with van der Waals surface area (Å²) in [6, 6.07) is 6.22. The molecule has 0 saturated carbocycles. The number of fused-ring (bicyclic) bond motifs is 1. The molecular weight excluding hydrogens is 576 g/mol. The molecule has 0 aliphatic carbocycles. The Morgan fingerprint density at radius 2 is 1.89 bits per heavy atom. The number of pyridine rings is 1. The number of nitrogens with zero attached hydrogens (tertiary/aromatic N) is 6. The monoisotopic (exact) mass is 614 g/mol. The summed E-state index contributed by atoms with van der Waals surface area (Å²) in [5, 5.41) is 10.4. The number of anilines is 2. The van der Waals surface area contributed by atoms with Crippen molar-refractivity contribution in [1.29, 1.82) is 5.26 Å². The maximum absolute atomic E-state index is 14.2. The Morgan fingerprint density at radius 1 is 1.18 bits per heavy atom. The lowest BCUT2D eigenvalue weighted by Gasteiger charge is -2.46. The topological polar surface area (TPSA) is 75.9 Å². The van der Waals surface area contributed by atoms with Gasteiger partial charge in [0, 0.05) is 49.0 Å². The third-order valence-corrected chi connectivity index (χ3v) is 9.07. The molecule has 1 aromatic heterocycles. The number of piperazine rings is 1. The lowest BCUT2D eigenvalue weighted by molar-refractivity contribution is -0.137. The number of carbonyl (C=O) groups excluding carboxylic acids is 1. The number of benzene rings is 1. The van der Waals surface area contributed by atoms with E-state index in [1.807, 2.05) is 25.8 Å². The minimum absolute atomic E-state index is 0.0896. The van der Waals surface area contributed by atoms with Crippen molar-refractivity contribution in [1.82, 2.24) is 14.8 Å². The lowest BCUT2D eigenvalue weighted by atomic mass is 9.95. The second-order valence-electron chi connectivity index (χ2n) is 12.1. The van der Waals surface area contributed by atoms with Gasteiger partial charge >= 0.3 is 6.18 Å². The van der Waals surface area contributed by atoms with Crippen molar-refractivity contribution < 1.29 is 27.1 Å². The number of carbonyl (C=O) groups is 1. The van der Waals surface area contributed by atoms with Gasteiger partial charge in [-0.1, -0.05) is 18.7 Å². The molecule has 1 amide bonds. The van der Waals surface area contributed by atoms with Gasteiger partial charge in [-0.05, 0) is 65.3 Å². The Labute approximate surface area is 255 Å². The zero-order valence-electron chi connectivity index (χ0n) is 25.5. The highest BCUT2D eigenvalue weighted by Gasteiger charge is 2.40. The third kappa shape index (κ3) is 5.94. The molecule has 0 unspecified atom stereocenters. The summed E-state index contributed by atoms with van der Waals surface area (Å²) in [7, 11) is 2.02. The van der Waals surface area contributed by atoms with Crippen molar-refractivity contribution >= 4 is 17.3 Å². The zero-order valence-corrected chi connectivity index (χ0v) is 25.5. The van der Waals surface area contributed by atoms with Crippen LogP contribution in [-0.2, 0) is 23.9 Å². The predicted octanol–water partition coefficient (Wildman–Crippen LogP) is 5.23. The largest absolute Gasteiger partial charge is 0.475 e. The average Bonchev–Trinajstić information content (AvgIpc) is 3.37. The summed E-state index contributed by atoms with van der Waals surface area (Å²) in [6.07, 6.45) is -2.19. The molecule has 2 saturated heterocycles. The quantitative estimate of drug-likeness (QED) is 0.326. The van der Waals surface area contributed by atoms with Crippen LogP contribution < -0.4 is 14.5 Å². The molecule has 2 fully saturated rings. The van der Waals surface area contributed by atoms with Crippen LogP contribution >= 0.6 is 0 Å². The Morgan fingerprint density at radius 3 is 2.48 bits per heavy atom. The minimum Gasteiger partial charge on any atom is -0.475 e. The molecule has 3 aliphatic rings. The van der Waals surface area contributed by atoms with Gasteiger partial charge in [-0.25, -0.2) is 9.37 Å². The molecule has 0 spiro atoms. The Kier molecular flexibility index (Phi) is 8.80. The van der Waals surface area contributed by atoms with Gasteiger partial charge in [0.15, 0.2) is 5.83 Å². The first kappa shape index (κ1) is 31.6. The number of hydrogen-bond donors (Lipinski definition) is 0. The number of amides is 1. The molecule has 0 radical (unpaired) electrons. The molecule has 3 atom stereocenters. The second-order valence-corrected chi connectivity index (χ2v) is 12.1. The van der Waals surface area contributed by atoms with E-state index in [1.54, 1.807) is 11.0 Å². The van der Waals surface area contributed by atoms with Crippen molar-refractivity contribution in [3.8, 4) is 11.9 Å². The Bertz CT molecular complexity index is 1480. The van der Waals surface area contributed by atoms with E-state index < -0.39 is 35.6 Å². The summed E-state index contributed by atoms with van der Waals surface area (Å²) in [4.78, 5) is 24.7. The first-order chi connectivity index (χ1) is 20.8. The summed E-state index contributed by atoms with van der Waals surface area (Å²) in [5.41, 5.74) is 1.77. The van der Waals surface area contributed by atoms with E-state index in [4.69, 9.17) is 9.72 Å². The number of aryl methyl sites for hydroxylation is 1. The molecule has 8 nitrogen and oxygen atoms in total. The van der Waals surface area contributed by atoms with Gasteiger partial charge < -0.3 is 24.3 Å². The summed E-state index contributed by atoms with van der Waals surface area (Å²) in [5.74, 6) is -1.64. The van der Waals surface area contributed by atoms with Crippen LogP contribution in [-0.4, -0.2) is 78.7 Å². The fraction of sp³-hybridized carbons (Fsp3) is 0.531. The predicted molar refractivity (Wildman–Crippen MR) is 159 cm³/mol. The van der Waals surface area contributed by atoms with Gasteiger partial charge in [-0.3, -0.25) is 4.79 Å². The maximum atomic E-state index is 14.2. The first-order valence-corrected chi connectivity index (χ1v) is 14.9. The number of rotatable bonds is 6. The number of likely N-dealkylation sites (N-methyl/N-ethyl adjacent to an activating group) is 1.